The monoisotopic (exact) mass is 317 g/mol. The molecule has 0 radical (unpaired) electrons. The smallest absolute Gasteiger partial charge is 0.159 e. The number of hydrazine groups is 1. The van der Waals surface area contributed by atoms with E-state index in [-0.39, 0.29) is 18.8 Å². The van der Waals surface area contributed by atoms with Gasteiger partial charge in [-0.05, 0) is 22.9 Å². The average molecular weight is 318 g/mol. The summed E-state index contributed by atoms with van der Waals surface area (Å²) in [6.07, 6.45) is 1.25. The standard InChI is InChI=1S/C10H16BrN5O2/c1-6-4-18-7(3-17)2-16(6)10-8(11)9(15-12)13-5-14-10/h5-7,17H,2-4,12H2,1H3,(H,13,14,15). The van der Waals surface area contributed by atoms with Crippen LogP contribution in [0.25, 0.3) is 0 Å². The molecule has 1 aromatic rings. The number of hydrogen-bond donors (Lipinski definition) is 3. The molecule has 0 amide bonds. The number of morpholine rings is 1. The number of aliphatic hydroxyl groups excluding tert-OH is 1. The molecule has 0 aromatic carbocycles. The SMILES string of the molecule is CC1COC(CO)CN1c1ncnc(NN)c1Br. The quantitative estimate of drug-likeness (QED) is 0.538. The zero-order valence-corrected chi connectivity index (χ0v) is 11.6. The minimum atomic E-state index is -0.197. The third kappa shape index (κ3) is 2.56. The van der Waals surface area contributed by atoms with Gasteiger partial charge < -0.3 is 20.2 Å². The lowest BCUT2D eigenvalue weighted by Crippen LogP contribution is -2.50. The van der Waals surface area contributed by atoms with Crippen LogP contribution in [0.1, 0.15) is 6.92 Å². The van der Waals surface area contributed by atoms with Crippen molar-refractivity contribution in [3.8, 4) is 0 Å². The van der Waals surface area contributed by atoms with Gasteiger partial charge in [0.2, 0.25) is 0 Å². The Hall–Kier alpha value is -0.960. The van der Waals surface area contributed by atoms with E-state index in [1.54, 1.807) is 0 Å². The van der Waals surface area contributed by atoms with Crippen LogP contribution >= 0.6 is 15.9 Å². The highest BCUT2D eigenvalue weighted by Gasteiger charge is 2.28. The Kier molecular flexibility index (Phi) is 4.33. The van der Waals surface area contributed by atoms with E-state index >= 15 is 0 Å². The fourth-order valence-corrected chi connectivity index (χ4v) is 2.43. The normalized spacial score (nSPS) is 24.1. The Balaban J connectivity index is 2.28. The van der Waals surface area contributed by atoms with Gasteiger partial charge in [-0.25, -0.2) is 15.8 Å². The van der Waals surface area contributed by atoms with Gasteiger partial charge in [-0.2, -0.15) is 0 Å². The molecule has 0 spiro atoms. The summed E-state index contributed by atoms with van der Waals surface area (Å²) in [5, 5.41) is 9.18. The number of aromatic nitrogens is 2. The minimum absolute atomic E-state index is 0.00603. The first kappa shape index (κ1) is 13.5. The maximum Gasteiger partial charge on any atom is 0.159 e. The zero-order valence-electron chi connectivity index (χ0n) is 10.0. The van der Waals surface area contributed by atoms with Crippen molar-refractivity contribution in [3.05, 3.63) is 10.8 Å². The molecule has 2 rings (SSSR count). The Morgan fingerprint density at radius 3 is 3.11 bits per heavy atom. The molecule has 1 aliphatic rings. The van der Waals surface area contributed by atoms with Crippen LogP contribution in [-0.2, 0) is 4.74 Å². The van der Waals surface area contributed by atoms with Gasteiger partial charge in [0.25, 0.3) is 0 Å². The molecule has 2 atom stereocenters. The number of nitrogens with one attached hydrogen (secondary N) is 1. The molecule has 4 N–H and O–H groups in total. The molecule has 8 heteroatoms. The summed E-state index contributed by atoms with van der Waals surface area (Å²) in [5.41, 5.74) is 2.51. The van der Waals surface area contributed by atoms with Crippen molar-refractivity contribution in [1.29, 1.82) is 0 Å². The highest BCUT2D eigenvalue weighted by atomic mass is 79.9. The van der Waals surface area contributed by atoms with E-state index in [2.05, 4.69) is 36.2 Å². The number of hydrogen-bond acceptors (Lipinski definition) is 7. The number of anilines is 2. The van der Waals surface area contributed by atoms with Gasteiger partial charge in [-0.15, -0.1) is 0 Å². The van der Waals surface area contributed by atoms with Crippen molar-refractivity contribution < 1.29 is 9.84 Å². The second-order valence-corrected chi connectivity index (χ2v) is 4.94. The highest BCUT2D eigenvalue weighted by molar-refractivity contribution is 9.10. The molecular formula is C10H16BrN5O2. The molecule has 0 aliphatic carbocycles. The molecule has 2 unspecified atom stereocenters. The second kappa shape index (κ2) is 5.79. The van der Waals surface area contributed by atoms with E-state index < -0.39 is 0 Å². The van der Waals surface area contributed by atoms with Crippen LogP contribution in [0.15, 0.2) is 10.8 Å². The second-order valence-electron chi connectivity index (χ2n) is 4.14. The first-order valence-corrected chi connectivity index (χ1v) is 6.43. The van der Waals surface area contributed by atoms with E-state index in [1.807, 2.05) is 6.92 Å². The number of halogens is 1. The summed E-state index contributed by atoms with van der Waals surface area (Å²) in [7, 11) is 0. The number of nitrogens with two attached hydrogens (primary N) is 1. The van der Waals surface area contributed by atoms with Crippen molar-refractivity contribution >= 4 is 27.6 Å². The Labute approximate surface area is 113 Å². The summed E-state index contributed by atoms with van der Waals surface area (Å²) in [6.45, 7) is 3.16. The number of aliphatic hydroxyl groups is 1. The molecule has 1 aromatic heterocycles. The zero-order chi connectivity index (χ0) is 13.1. The maximum atomic E-state index is 9.18. The van der Waals surface area contributed by atoms with Crippen LogP contribution in [0.5, 0.6) is 0 Å². The van der Waals surface area contributed by atoms with Gasteiger partial charge >= 0.3 is 0 Å². The fourth-order valence-electron chi connectivity index (χ4n) is 1.88. The molecule has 1 saturated heterocycles. The van der Waals surface area contributed by atoms with E-state index in [4.69, 9.17) is 10.6 Å². The summed E-state index contributed by atoms with van der Waals surface area (Å²) < 4.78 is 6.20. The lowest BCUT2D eigenvalue weighted by molar-refractivity contribution is -0.0106. The van der Waals surface area contributed by atoms with Gasteiger partial charge in [0, 0.05) is 6.54 Å². The van der Waals surface area contributed by atoms with Crippen LogP contribution in [0.2, 0.25) is 0 Å². The van der Waals surface area contributed by atoms with Crippen LogP contribution in [0.4, 0.5) is 11.6 Å². The predicted molar refractivity (Wildman–Crippen MR) is 71.2 cm³/mol. The van der Waals surface area contributed by atoms with Gasteiger partial charge in [0.15, 0.2) is 5.82 Å². The van der Waals surface area contributed by atoms with E-state index in [0.29, 0.717) is 23.4 Å². The molecule has 1 aliphatic heterocycles. The van der Waals surface area contributed by atoms with Crippen molar-refractivity contribution in [2.75, 3.05) is 30.1 Å². The largest absolute Gasteiger partial charge is 0.394 e. The molecule has 18 heavy (non-hydrogen) atoms. The van der Waals surface area contributed by atoms with Gasteiger partial charge in [-0.3, -0.25) is 0 Å². The van der Waals surface area contributed by atoms with Crippen molar-refractivity contribution in [1.82, 2.24) is 9.97 Å². The van der Waals surface area contributed by atoms with E-state index in [1.165, 1.54) is 6.33 Å². The number of nitrogens with zero attached hydrogens (tertiary/aromatic N) is 3. The Morgan fingerprint density at radius 1 is 1.67 bits per heavy atom. The molecule has 2 heterocycles. The van der Waals surface area contributed by atoms with Crippen molar-refractivity contribution in [2.24, 2.45) is 5.84 Å². The number of ether oxygens (including phenoxy) is 1. The summed E-state index contributed by atoms with van der Waals surface area (Å²) in [6, 6.07) is 0.171. The number of nitrogen functional groups attached to an aromatic ring is 1. The third-order valence-corrected chi connectivity index (χ3v) is 3.62. The molecule has 1 fully saturated rings. The third-order valence-electron chi connectivity index (χ3n) is 2.89. The minimum Gasteiger partial charge on any atom is -0.394 e. The highest BCUT2D eigenvalue weighted by Crippen LogP contribution is 2.31. The summed E-state index contributed by atoms with van der Waals surface area (Å²) >= 11 is 3.43. The maximum absolute atomic E-state index is 9.18. The van der Waals surface area contributed by atoms with Gasteiger partial charge in [0.1, 0.15) is 16.6 Å². The first-order chi connectivity index (χ1) is 8.67. The average Bonchev–Trinajstić information content (AvgIpc) is 2.40. The molecule has 7 nitrogen and oxygen atoms in total. The van der Waals surface area contributed by atoms with Crippen LogP contribution in [-0.4, -0.2) is 47.0 Å². The van der Waals surface area contributed by atoms with E-state index in [9.17, 15) is 5.11 Å². The van der Waals surface area contributed by atoms with Gasteiger partial charge in [-0.1, -0.05) is 0 Å². The molecule has 0 bridgehead atoms. The lowest BCUT2D eigenvalue weighted by Gasteiger charge is -2.38. The van der Waals surface area contributed by atoms with E-state index in [0.717, 1.165) is 5.82 Å². The van der Waals surface area contributed by atoms with Crippen LogP contribution < -0.4 is 16.2 Å². The predicted octanol–water partition coefficient (Wildman–Crippen LogP) is 0.111. The van der Waals surface area contributed by atoms with Crippen LogP contribution in [0.3, 0.4) is 0 Å². The van der Waals surface area contributed by atoms with Crippen molar-refractivity contribution in [3.63, 3.8) is 0 Å². The fraction of sp³-hybridized carbons (Fsp3) is 0.600. The Morgan fingerprint density at radius 2 is 2.44 bits per heavy atom. The molecule has 0 saturated carbocycles. The van der Waals surface area contributed by atoms with Gasteiger partial charge in [0.05, 0.1) is 25.4 Å². The summed E-state index contributed by atoms with van der Waals surface area (Å²) in [4.78, 5) is 10.3. The topological polar surface area (TPSA) is 96.5 Å². The lowest BCUT2D eigenvalue weighted by atomic mass is 10.2. The van der Waals surface area contributed by atoms with Crippen LogP contribution in [0, 0.1) is 0 Å². The molecular weight excluding hydrogens is 302 g/mol. The first-order valence-electron chi connectivity index (χ1n) is 5.63. The summed E-state index contributed by atoms with van der Waals surface area (Å²) in [5.74, 6) is 6.65. The Bertz CT molecular complexity index is 419. The van der Waals surface area contributed by atoms with Crippen molar-refractivity contribution in [2.45, 2.75) is 19.1 Å². The number of rotatable bonds is 3. The molecule has 100 valence electrons.